The van der Waals surface area contributed by atoms with Crippen LogP contribution >= 0.6 is 0 Å². The Bertz CT molecular complexity index is 798. The predicted octanol–water partition coefficient (Wildman–Crippen LogP) is 1.80. The fourth-order valence-corrected chi connectivity index (χ4v) is 3.28. The standard InChI is InChI=1S/C21H29N5O2/c1-16(27)21(2,12-17-7-5-4-6-8-17)14-22-18-11-19(24-15-23-18)26-10-9-25(3)20(28)13-26/h4-8,11,15-16,27H,9-10,12-14H2,1-3H3,(H,22,23,24). The molecule has 2 N–H and O–H groups in total. The van der Waals surface area contributed by atoms with Gasteiger partial charge in [0.25, 0.3) is 0 Å². The summed E-state index contributed by atoms with van der Waals surface area (Å²) in [5, 5.41) is 13.8. The van der Waals surface area contributed by atoms with Crippen molar-refractivity contribution in [3.8, 4) is 0 Å². The van der Waals surface area contributed by atoms with Gasteiger partial charge in [0.15, 0.2) is 0 Å². The molecule has 1 aromatic heterocycles. The number of amides is 1. The molecule has 1 amide bonds. The molecule has 1 aliphatic heterocycles. The molecule has 1 saturated heterocycles. The smallest absolute Gasteiger partial charge is 0.241 e. The molecule has 1 fully saturated rings. The summed E-state index contributed by atoms with van der Waals surface area (Å²) in [4.78, 5) is 24.3. The van der Waals surface area contributed by atoms with E-state index in [0.29, 0.717) is 25.5 Å². The maximum absolute atomic E-state index is 12.0. The third kappa shape index (κ3) is 4.78. The van der Waals surface area contributed by atoms with Gasteiger partial charge in [-0.05, 0) is 18.9 Å². The highest BCUT2D eigenvalue weighted by Gasteiger charge is 2.30. The number of benzene rings is 1. The number of aliphatic hydroxyl groups is 1. The van der Waals surface area contributed by atoms with Crippen molar-refractivity contribution in [2.45, 2.75) is 26.4 Å². The number of carbonyl (C=O) groups is 1. The maximum atomic E-state index is 12.0. The van der Waals surface area contributed by atoms with Crippen LogP contribution in [-0.2, 0) is 11.2 Å². The Kier molecular flexibility index (Phi) is 6.14. The number of hydrogen-bond acceptors (Lipinski definition) is 6. The van der Waals surface area contributed by atoms with Gasteiger partial charge in [-0.2, -0.15) is 0 Å². The number of hydrogen-bond donors (Lipinski definition) is 2. The fraction of sp³-hybridized carbons (Fsp3) is 0.476. The van der Waals surface area contributed by atoms with Crippen molar-refractivity contribution in [2.75, 3.05) is 43.4 Å². The quantitative estimate of drug-likeness (QED) is 0.759. The van der Waals surface area contributed by atoms with Gasteiger partial charge in [-0.15, -0.1) is 0 Å². The molecule has 7 nitrogen and oxygen atoms in total. The van der Waals surface area contributed by atoms with Crippen molar-refractivity contribution >= 4 is 17.5 Å². The van der Waals surface area contributed by atoms with Crippen LogP contribution in [0.15, 0.2) is 42.7 Å². The SMILES string of the molecule is CC(O)C(C)(CNc1cc(N2CCN(C)C(=O)C2)ncn1)Cc1ccccc1. The van der Waals surface area contributed by atoms with E-state index in [9.17, 15) is 9.90 Å². The second-order valence-electron chi connectivity index (χ2n) is 7.84. The van der Waals surface area contributed by atoms with Crippen LogP contribution < -0.4 is 10.2 Å². The van der Waals surface area contributed by atoms with Crippen LogP contribution in [0.1, 0.15) is 19.4 Å². The second-order valence-corrected chi connectivity index (χ2v) is 7.84. The average molecular weight is 383 g/mol. The van der Waals surface area contributed by atoms with Crippen LogP contribution in [0, 0.1) is 5.41 Å². The zero-order chi connectivity index (χ0) is 20.1. The zero-order valence-corrected chi connectivity index (χ0v) is 16.8. The molecule has 2 heterocycles. The Hall–Kier alpha value is -2.67. The number of likely N-dealkylation sites (N-methyl/N-ethyl adjacent to an activating group) is 1. The Balaban J connectivity index is 1.68. The van der Waals surface area contributed by atoms with Gasteiger partial charge < -0.3 is 20.2 Å². The van der Waals surface area contributed by atoms with Crippen LogP contribution in [0.3, 0.4) is 0 Å². The fourth-order valence-electron chi connectivity index (χ4n) is 3.28. The number of aromatic nitrogens is 2. The molecule has 0 spiro atoms. The highest BCUT2D eigenvalue weighted by molar-refractivity contribution is 5.82. The Morgan fingerprint density at radius 2 is 2.00 bits per heavy atom. The third-order valence-corrected chi connectivity index (χ3v) is 5.57. The first-order chi connectivity index (χ1) is 13.4. The number of nitrogens with one attached hydrogen (secondary N) is 1. The lowest BCUT2D eigenvalue weighted by atomic mass is 9.79. The van der Waals surface area contributed by atoms with E-state index in [1.165, 1.54) is 11.9 Å². The van der Waals surface area contributed by atoms with Gasteiger partial charge in [0.2, 0.25) is 5.91 Å². The summed E-state index contributed by atoms with van der Waals surface area (Å²) in [6.07, 6.45) is 1.78. The van der Waals surface area contributed by atoms with Crippen LogP contribution in [-0.4, -0.2) is 65.2 Å². The Morgan fingerprint density at radius 3 is 2.68 bits per heavy atom. The molecule has 3 rings (SSSR count). The van der Waals surface area contributed by atoms with E-state index in [0.717, 1.165) is 18.8 Å². The minimum atomic E-state index is -0.489. The van der Waals surface area contributed by atoms with Crippen molar-refractivity contribution in [2.24, 2.45) is 5.41 Å². The van der Waals surface area contributed by atoms with Crippen molar-refractivity contribution in [1.29, 1.82) is 0 Å². The highest BCUT2D eigenvalue weighted by Crippen LogP contribution is 2.28. The van der Waals surface area contributed by atoms with E-state index < -0.39 is 6.10 Å². The van der Waals surface area contributed by atoms with Gasteiger partial charge >= 0.3 is 0 Å². The summed E-state index contributed by atoms with van der Waals surface area (Å²) in [6, 6.07) is 12.0. The van der Waals surface area contributed by atoms with Gasteiger partial charge in [-0.25, -0.2) is 9.97 Å². The molecule has 2 aromatic rings. The summed E-state index contributed by atoms with van der Waals surface area (Å²) >= 11 is 0. The Morgan fingerprint density at radius 1 is 1.25 bits per heavy atom. The molecule has 150 valence electrons. The van der Waals surface area contributed by atoms with E-state index >= 15 is 0 Å². The maximum Gasteiger partial charge on any atom is 0.241 e. The van der Waals surface area contributed by atoms with E-state index in [4.69, 9.17) is 0 Å². The molecule has 0 aliphatic carbocycles. The molecule has 28 heavy (non-hydrogen) atoms. The van der Waals surface area contributed by atoms with E-state index in [1.54, 1.807) is 4.90 Å². The van der Waals surface area contributed by atoms with E-state index in [1.807, 2.05) is 43.1 Å². The summed E-state index contributed by atoms with van der Waals surface area (Å²) in [7, 11) is 1.82. The normalized spacial score (nSPS) is 17.9. The number of aliphatic hydroxyl groups excluding tert-OH is 1. The molecule has 0 bridgehead atoms. The minimum Gasteiger partial charge on any atom is -0.393 e. The average Bonchev–Trinajstić information content (AvgIpc) is 2.69. The molecular formula is C21H29N5O2. The lowest BCUT2D eigenvalue weighted by Gasteiger charge is -2.34. The summed E-state index contributed by atoms with van der Waals surface area (Å²) in [6.45, 7) is 6.22. The molecule has 0 radical (unpaired) electrons. The summed E-state index contributed by atoms with van der Waals surface area (Å²) < 4.78 is 0. The van der Waals surface area contributed by atoms with Gasteiger partial charge in [-0.1, -0.05) is 37.3 Å². The highest BCUT2D eigenvalue weighted by atomic mass is 16.3. The first kappa shape index (κ1) is 20.1. The second kappa shape index (κ2) is 8.56. The number of rotatable bonds is 7. The first-order valence-corrected chi connectivity index (χ1v) is 9.64. The number of anilines is 2. The molecule has 7 heteroatoms. The van der Waals surface area contributed by atoms with Crippen molar-refractivity contribution < 1.29 is 9.90 Å². The molecule has 2 atom stereocenters. The van der Waals surface area contributed by atoms with Crippen molar-refractivity contribution in [3.05, 3.63) is 48.3 Å². The number of carbonyl (C=O) groups excluding carboxylic acids is 1. The predicted molar refractivity (Wildman–Crippen MR) is 110 cm³/mol. The minimum absolute atomic E-state index is 0.0870. The summed E-state index contributed by atoms with van der Waals surface area (Å²) in [5.74, 6) is 1.51. The van der Waals surface area contributed by atoms with Crippen molar-refractivity contribution in [3.63, 3.8) is 0 Å². The Labute approximate surface area is 166 Å². The van der Waals surface area contributed by atoms with Crippen LogP contribution in [0.4, 0.5) is 11.6 Å². The van der Waals surface area contributed by atoms with Crippen LogP contribution in [0.25, 0.3) is 0 Å². The van der Waals surface area contributed by atoms with Crippen molar-refractivity contribution in [1.82, 2.24) is 14.9 Å². The molecule has 1 aromatic carbocycles. The van der Waals surface area contributed by atoms with Gasteiger partial charge in [0.1, 0.15) is 18.0 Å². The number of piperazine rings is 1. The monoisotopic (exact) mass is 383 g/mol. The van der Waals surface area contributed by atoms with Gasteiger partial charge in [0, 0.05) is 38.2 Å². The molecule has 0 saturated carbocycles. The lowest BCUT2D eigenvalue weighted by molar-refractivity contribution is -0.129. The van der Waals surface area contributed by atoms with Gasteiger partial charge in [-0.3, -0.25) is 4.79 Å². The lowest BCUT2D eigenvalue weighted by Crippen LogP contribution is -2.48. The van der Waals surface area contributed by atoms with Crippen LogP contribution in [0.5, 0.6) is 0 Å². The zero-order valence-electron chi connectivity index (χ0n) is 16.8. The van der Waals surface area contributed by atoms with E-state index in [-0.39, 0.29) is 11.3 Å². The van der Waals surface area contributed by atoms with E-state index in [2.05, 4.69) is 34.3 Å². The summed E-state index contributed by atoms with van der Waals surface area (Å²) in [5.41, 5.74) is 0.836. The molecular weight excluding hydrogens is 354 g/mol. The number of nitrogens with zero attached hydrogens (tertiary/aromatic N) is 4. The molecule has 2 unspecified atom stereocenters. The topological polar surface area (TPSA) is 81.6 Å². The first-order valence-electron chi connectivity index (χ1n) is 9.64. The third-order valence-electron chi connectivity index (χ3n) is 5.57. The molecule has 1 aliphatic rings. The van der Waals surface area contributed by atoms with Gasteiger partial charge in [0.05, 0.1) is 12.6 Å². The largest absolute Gasteiger partial charge is 0.393 e. The van der Waals surface area contributed by atoms with Crippen LogP contribution in [0.2, 0.25) is 0 Å².